The lowest BCUT2D eigenvalue weighted by atomic mass is 9.93. The topological polar surface area (TPSA) is 91.3 Å². The van der Waals surface area contributed by atoms with Crippen LogP contribution in [0.2, 0.25) is 0 Å². The van der Waals surface area contributed by atoms with Gasteiger partial charge in [-0.2, -0.15) is 0 Å². The van der Waals surface area contributed by atoms with Crippen LogP contribution in [-0.4, -0.2) is 26.3 Å². The average Bonchev–Trinajstić information content (AvgIpc) is 3.13. The second-order valence-electron chi connectivity index (χ2n) is 7.82. The molecule has 3 heterocycles. The van der Waals surface area contributed by atoms with Crippen molar-refractivity contribution < 1.29 is 4.79 Å². The Morgan fingerprint density at radius 1 is 1.13 bits per heavy atom. The molecule has 0 radical (unpaired) electrons. The number of pyridine rings is 1. The molecule has 1 fully saturated rings. The molecule has 7 heteroatoms. The third-order valence-corrected chi connectivity index (χ3v) is 5.69. The molecule has 0 atom stereocenters. The van der Waals surface area contributed by atoms with Crippen molar-refractivity contribution in [3.63, 3.8) is 0 Å². The zero-order valence-electron chi connectivity index (χ0n) is 16.5. The van der Waals surface area contributed by atoms with Crippen LogP contribution in [0.4, 0.5) is 0 Å². The molecule has 0 spiro atoms. The summed E-state index contributed by atoms with van der Waals surface area (Å²) in [6.07, 6.45) is 5.49. The third kappa shape index (κ3) is 3.71. The van der Waals surface area contributed by atoms with Crippen LogP contribution in [-0.2, 0) is 13.1 Å². The zero-order valence-corrected chi connectivity index (χ0v) is 16.5. The van der Waals surface area contributed by atoms with Crippen molar-refractivity contribution in [1.29, 1.82) is 0 Å². The van der Waals surface area contributed by atoms with E-state index in [-0.39, 0.29) is 17.2 Å². The van der Waals surface area contributed by atoms with Crippen LogP contribution in [0.1, 0.15) is 41.0 Å². The van der Waals surface area contributed by atoms with Gasteiger partial charge in [0.2, 0.25) is 0 Å². The number of hydrogen-bond acceptors (Lipinski definition) is 4. The summed E-state index contributed by atoms with van der Waals surface area (Å²) < 4.78 is 1.41. The van der Waals surface area contributed by atoms with Crippen LogP contribution < -0.4 is 16.2 Å². The molecule has 7 nitrogen and oxygen atoms in total. The summed E-state index contributed by atoms with van der Waals surface area (Å²) in [6.45, 7) is 1.20. The average molecular weight is 401 g/mol. The summed E-state index contributed by atoms with van der Waals surface area (Å²) in [5.74, 6) is -0.365. The lowest BCUT2D eigenvalue weighted by Gasteiger charge is -2.26. The van der Waals surface area contributed by atoms with E-state index in [9.17, 15) is 9.59 Å². The Morgan fingerprint density at radius 2 is 2.03 bits per heavy atom. The lowest BCUT2D eigenvalue weighted by Crippen LogP contribution is -2.34. The highest BCUT2D eigenvalue weighted by atomic mass is 16.2. The normalized spacial score (nSPS) is 14.1. The first-order valence-corrected chi connectivity index (χ1v) is 10.3. The molecule has 30 heavy (non-hydrogen) atoms. The van der Waals surface area contributed by atoms with E-state index in [4.69, 9.17) is 0 Å². The van der Waals surface area contributed by atoms with E-state index < -0.39 is 0 Å². The fraction of sp³-hybridized carbons (Fsp3) is 0.261. The number of hydrogen-bond donors (Lipinski definition) is 3. The van der Waals surface area contributed by atoms with Gasteiger partial charge >= 0.3 is 0 Å². The van der Waals surface area contributed by atoms with Gasteiger partial charge in [-0.1, -0.05) is 24.6 Å². The molecule has 1 aliphatic rings. The Labute approximate surface area is 173 Å². The summed E-state index contributed by atoms with van der Waals surface area (Å²) in [4.78, 5) is 32.4. The summed E-state index contributed by atoms with van der Waals surface area (Å²) >= 11 is 0. The number of nitrogens with one attached hydrogen (secondary N) is 3. The minimum atomic E-state index is -0.365. The lowest BCUT2D eigenvalue weighted by molar-refractivity contribution is 0.0946. The number of aromatic nitrogens is 3. The standard InChI is InChI=1S/C23H23N5O2/c29-22-12-20(27-21-6-1-2-9-28(21)22)23(30)25-13-15-7-8-16-11-18(26-19(16)10-15)14-24-17-4-3-5-17/h1-2,6-12,17,24,26H,3-5,13-14H2,(H,25,30). The quantitative estimate of drug-likeness (QED) is 0.463. The van der Waals surface area contributed by atoms with Gasteiger partial charge in [0, 0.05) is 42.6 Å². The Balaban J connectivity index is 1.27. The molecular formula is C23H23N5O2. The highest BCUT2D eigenvalue weighted by Crippen LogP contribution is 2.20. The van der Waals surface area contributed by atoms with Crippen LogP contribution in [0.25, 0.3) is 16.6 Å². The van der Waals surface area contributed by atoms with Gasteiger partial charge in [0.1, 0.15) is 11.3 Å². The molecule has 3 aromatic heterocycles. The zero-order chi connectivity index (χ0) is 20.5. The number of amides is 1. The first kappa shape index (κ1) is 18.6. The Hall–Kier alpha value is -3.45. The van der Waals surface area contributed by atoms with Gasteiger partial charge in [-0.25, -0.2) is 4.98 Å². The molecule has 1 aliphatic carbocycles. The molecule has 0 saturated heterocycles. The number of aromatic amines is 1. The first-order chi connectivity index (χ1) is 14.7. The van der Waals surface area contributed by atoms with Gasteiger partial charge < -0.3 is 15.6 Å². The summed E-state index contributed by atoms with van der Waals surface area (Å²) in [5, 5.41) is 7.57. The maximum atomic E-state index is 12.5. The van der Waals surface area contributed by atoms with Crippen molar-refractivity contribution in [3.05, 3.63) is 82.0 Å². The van der Waals surface area contributed by atoms with Gasteiger partial charge in [-0.15, -0.1) is 0 Å². The van der Waals surface area contributed by atoms with Crippen molar-refractivity contribution in [1.82, 2.24) is 25.0 Å². The number of carbonyl (C=O) groups is 1. The number of carbonyl (C=O) groups excluding carboxylic acids is 1. The molecule has 3 N–H and O–H groups in total. The largest absolute Gasteiger partial charge is 0.357 e. The molecule has 0 aliphatic heterocycles. The molecule has 1 amide bonds. The van der Waals surface area contributed by atoms with E-state index in [1.54, 1.807) is 24.4 Å². The first-order valence-electron chi connectivity index (χ1n) is 10.3. The molecule has 152 valence electrons. The van der Waals surface area contributed by atoms with E-state index in [0.717, 1.165) is 23.0 Å². The maximum absolute atomic E-state index is 12.5. The van der Waals surface area contributed by atoms with E-state index in [1.807, 2.05) is 12.1 Å². The predicted molar refractivity (Wildman–Crippen MR) is 115 cm³/mol. The van der Waals surface area contributed by atoms with Gasteiger partial charge in [-0.05, 0) is 48.1 Å². The fourth-order valence-corrected chi connectivity index (χ4v) is 3.75. The molecule has 0 unspecified atom stereocenters. The Bertz CT molecular complexity index is 1290. The fourth-order valence-electron chi connectivity index (χ4n) is 3.75. The van der Waals surface area contributed by atoms with Crippen LogP contribution in [0, 0.1) is 0 Å². The van der Waals surface area contributed by atoms with Crippen LogP contribution in [0.3, 0.4) is 0 Å². The third-order valence-electron chi connectivity index (χ3n) is 5.69. The predicted octanol–water partition coefficient (Wildman–Crippen LogP) is 2.75. The maximum Gasteiger partial charge on any atom is 0.270 e. The highest BCUT2D eigenvalue weighted by Gasteiger charge is 2.16. The van der Waals surface area contributed by atoms with Gasteiger partial charge in [-0.3, -0.25) is 14.0 Å². The van der Waals surface area contributed by atoms with Crippen molar-refractivity contribution in [2.24, 2.45) is 0 Å². The van der Waals surface area contributed by atoms with E-state index >= 15 is 0 Å². The number of nitrogens with zero attached hydrogens (tertiary/aromatic N) is 2. The second-order valence-corrected chi connectivity index (χ2v) is 7.82. The minimum absolute atomic E-state index is 0.122. The van der Waals surface area contributed by atoms with Gasteiger partial charge in [0.25, 0.3) is 11.5 Å². The Morgan fingerprint density at radius 3 is 2.87 bits per heavy atom. The number of H-pyrrole nitrogens is 1. The van der Waals surface area contributed by atoms with Crippen molar-refractivity contribution in [3.8, 4) is 0 Å². The number of fused-ring (bicyclic) bond motifs is 2. The van der Waals surface area contributed by atoms with Crippen LogP contribution >= 0.6 is 0 Å². The Kier molecular flexibility index (Phi) is 4.80. The molecule has 4 aromatic rings. The molecule has 1 aromatic carbocycles. The van der Waals surface area contributed by atoms with Crippen molar-refractivity contribution in [2.75, 3.05) is 0 Å². The van der Waals surface area contributed by atoms with Crippen LogP contribution in [0.15, 0.2) is 59.5 Å². The molecule has 1 saturated carbocycles. The van der Waals surface area contributed by atoms with E-state index in [0.29, 0.717) is 18.2 Å². The van der Waals surface area contributed by atoms with E-state index in [2.05, 4.69) is 32.7 Å². The molecular weight excluding hydrogens is 378 g/mol. The van der Waals surface area contributed by atoms with Crippen molar-refractivity contribution in [2.45, 2.75) is 38.4 Å². The molecule has 5 rings (SSSR count). The summed E-state index contributed by atoms with van der Waals surface area (Å²) in [5.41, 5.74) is 3.49. The van der Waals surface area contributed by atoms with Crippen LogP contribution in [0.5, 0.6) is 0 Å². The summed E-state index contributed by atoms with van der Waals surface area (Å²) in [7, 11) is 0. The monoisotopic (exact) mass is 401 g/mol. The summed E-state index contributed by atoms with van der Waals surface area (Å²) in [6, 6.07) is 15.4. The molecule has 0 bridgehead atoms. The van der Waals surface area contributed by atoms with E-state index in [1.165, 1.54) is 35.4 Å². The SMILES string of the molecule is O=C(NCc1ccc2cc(CNC3CCC3)[nH]c2c1)c1cc(=O)n2ccccc2n1. The number of rotatable bonds is 6. The van der Waals surface area contributed by atoms with Crippen molar-refractivity contribution >= 4 is 22.5 Å². The van der Waals surface area contributed by atoms with Gasteiger partial charge in [0.15, 0.2) is 0 Å². The van der Waals surface area contributed by atoms with Gasteiger partial charge in [0.05, 0.1) is 0 Å². The highest BCUT2D eigenvalue weighted by molar-refractivity contribution is 5.92. The smallest absolute Gasteiger partial charge is 0.270 e. The minimum Gasteiger partial charge on any atom is -0.357 e. The number of benzene rings is 1. The second kappa shape index (κ2) is 7.76.